The van der Waals surface area contributed by atoms with Crippen molar-refractivity contribution in [2.45, 2.75) is 38.7 Å². The molecule has 0 spiro atoms. The van der Waals surface area contributed by atoms with Crippen molar-refractivity contribution in [1.82, 2.24) is 15.1 Å². The molecule has 0 saturated heterocycles. The molecule has 1 aromatic carbocycles. The van der Waals surface area contributed by atoms with Crippen LogP contribution in [0.3, 0.4) is 0 Å². The Morgan fingerprint density at radius 2 is 2.00 bits per heavy atom. The second kappa shape index (κ2) is 7.05. The molecule has 1 aliphatic rings. The van der Waals surface area contributed by atoms with Crippen LogP contribution in [0.5, 0.6) is 0 Å². The minimum Gasteiger partial charge on any atom is -0.391 e. The van der Waals surface area contributed by atoms with Crippen LogP contribution in [-0.4, -0.2) is 33.4 Å². The summed E-state index contributed by atoms with van der Waals surface area (Å²) in [5, 5.41) is 15.6. The van der Waals surface area contributed by atoms with E-state index in [2.05, 4.69) is 10.4 Å². The Bertz CT molecular complexity index is 755. The van der Waals surface area contributed by atoms with Crippen LogP contribution in [-0.2, 0) is 0 Å². The van der Waals surface area contributed by atoms with Gasteiger partial charge in [-0.1, -0.05) is 30.5 Å². The normalized spacial score (nSPS) is 16.2. The van der Waals surface area contributed by atoms with Crippen molar-refractivity contribution < 1.29 is 9.90 Å². The Kier molecular flexibility index (Phi) is 4.85. The van der Waals surface area contributed by atoms with E-state index < -0.39 is 6.10 Å². The number of benzene rings is 1. The summed E-state index contributed by atoms with van der Waals surface area (Å²) >= 11 is 0. The zero-order valence-electron chi connectivity index (χ0n) is 13.8. The van der Waals surface area contributed by atoms with Gasteiger partial charge in [-0.2, -0.15) is 0 Å². The third kappa shape index (κ3) is 3.59. The van der Waals surface area contributed by atoms with E-state index in [-0.39, 0.29) is 29.6 Å². The van der Waals surface area contributed by atoms with Crippen LogP contribution in [0.2, 0.25) is 0 Å². The molecule has 1 unspecified atom stereocenters. The van der Waals surface area contributed by atoms with Crippen LogP contribution in [0.4, 0.5) is 0 Å². The summed E-state index contributed by atoms with van der Waals surface area (Å²) in [6, 6.07) is 8.72. The molecular weight excluding hydrogens is 306 g/mol. The summed E-state index contributed by atoms with van der Waals surface area (Å²) in [5.41, 5.74) is 1.67. The smallest absolute Gasteiger partial charge is 0.271 e. The maximum atomic E-state index is 12.2. The number of H-pyrrole nitrogens is 1. The average Bonchev–Trinajstić information content (AvgIpc) is 3.23. The van der Waals surface area contributed by atoms with E-state index in [0.717, 1.165) is 31.2 Å². The van der Waals surface area contributed by atoms with E-state index in [1.54, 1.807) is 0 Å². The number of aryl methyl sites for hydroxylation is 1. The Hall–Kier alpha value is -2.34. The number of aromatic nitrogens is 2. The molecule has 6 nitrogen and oxygen atoms in total. The highest BCUT2D eigenvalue weighted by molar-refractivity contribution is 5.92. The van der Waals surface area contributed by atoms with Gasteiger partial charge in [-0.25, -0.2) is 4.68 Å². The molecule has 128 valence electrons. The third-order valence-electron chi connectivity index (χ3n) is 4.67. The minimum absolute atomic E-state index is 0.194. The van der Waals surface area contributed by atoms with E-state index in [0.29, 0.717) is 5.69 Å². The van der Waals surface area contributed by atoms with Crippen molar-refractivity contribution in [3.05, 3.63) is 51.9 Å². The number of hydrogen-bond acceptors (Lipinski definition) is 3. The maximum absolute atomic E-state index is 12.2. The molecule has 2 aromatic rings. The van der Waals surface area contributed by atoms with Gasteiger partial charge in [0.05, 0.1) is 11.8 Å². The minimum atomic E-state index is -0.526. The first-order chi connectivity index (χ1) is 11.5. The van der Waals surface area contributed by atoms with Crippen LogP contribution in [0.25, 0.3) is 5.69 Å². The van der Waals surface area contributed by atoms with Gasteiger partial charge in [-0.3, -0.25) is 14.7 Å². The van der Waals surface area contributed by atoms with Gasteiger partial charge in [0.25, 0.3) is 11.5 Å². The van der Waals surface area contributed by atoms with Gasteiger partial charge in [0, 0.05) is 12.6 Å². The highest BCUT2D eigenvalue weighted by atomic mass is 16.3. The molecule has 0 aliphatic heterocycles. The summed E-state index contributed by atoms with van der Waals surface area (Å²) in [7, 11) is 0. The lowest BCUT2D eigenvalue weighted by Gasteiger charge is -2.17. The molecule has 1 aromatic heterocycles. The molecule has 0 radical (unpaired) electrons. The summed E-state index contributed by atoms with van der Waals surface area (Å²) in [4.78, 5) is 24.3. The molecule has 0 bridgehead atoms. The molecule has 1 heterocycles. The quantitative estimate of drug-likeness (QED) is 0.781. The number of aliphatic hydroxyl groups excluding tert-OH is 1. The summed E-state index contributed by atoms with van der Waals surface area (Å²) in [5.74, 6) is -0.114. The van der Waals surface area contributed by atoms with Crippen molar-refractivity contribution in [3.63, 3.8) is 0 Å². The van der Waals surface area contributed by atoms with Crippen molar-refractivity contribution in [3.8, 4) is 5.69 Å². The van der Waals surface area contributed by atoms with Gasteiger partial charge >= 0.3 is 0 Å². The Balaban J connectivity index is 1.66. The number of hydrogen-bond donors (Lipinski definition) is 3. The monoisotopic (exact) mass is 329 g/mol. The van der Waals surface area contributed by atoms with E-state index in [4.69, 9.17) is 0 Å². The standard InChI is InChI=1S/C18H23N3O3/c1-12-6-8-14(9-7-12)21-17(23)10-15(20-21)18(24)19-11-16(22)13-4-2-3-5-13/h6-10,13,16,20,22H,2-5,11H2,1H3,(H,19,24). The number of nitrogens with one attached hydrogen (secondary N) is 2. The zero-order chi connectivity index (χ0) is 17.1. The number of rotatable bonds is 5. The third-order valence-corrected chi connectivity index (χ3v) is 4.67. The van der Waals surface area contributed by atoms with Gasteiger partial charge in [-0.05, 0) is 37.8 Å². The largest absolute Gasteiger partial charge is 0.391 e. The molecule has 3 rings (SSSR count). The summed E-state index contributed by atoms with van der Waals surface area (Å²) < 4.78 is 1.34. The fourth-order valence-corrected chi connectivity index (χ4v) is 3.20. The van der Waals surface area contributed by atoms with Crippen LogP contribution < -0.4 is 10.9 Å². The Labute approximate surface area is 140 Å². The molecule has 6 heteroatoms. The number of aliphatic hydroxyl groups is 1. The molecule has 1 atom stereocenters. The van der Waals surface area contributed by atoms with Crippen molar-refractivity contribution >= 4 is 5.91 Å². The molecule has 1 fully saturated rings. The van der Waals surface area contributed by atoms with Gasteiger partial charge < -0.3 is 10.4 Å². The van der Waals surface area contributed by atoms with Crippen molar-refractivity contribution in [1.29, 1.82) is 0 Å². The first-order valence-electron chi connectivity index (χ1n) is 8.40. The molecule has 24 heavy (non-hydrogen) atoms. The van der Waals surface area contributed by atoms with E-state index in [1.165, 1.54) is 10.7 Å². The lowest BCUT2D eigenvalue weighted by Crippen LogP contribution is -2.35. The fraction of sp³-hybridized carbons (Fsp3) is 0.444. The van der Waals surface area contributed by atoms with Crippen LogP contribution in [0, 0.1) is 12.8 Å². The lowest BCUT2D eigenvalue weighted by atomic mass is 10.0. The van der Waals surface area contributed by atoms with Gasteiger partial charge in [0.15, 0.2) is 0 Å². The predicted octanol–water partition coefficient (Wildman–Crippen LogP) is 1.75. The molecule has 1 saturated carbocycles. The molecular formula is C18H23N3O3. The Morgan fingerprint density at radius 1 is 1.33 bits per heavy atom. The van der Waals surface area contributed by atoms with Crippen LogP contribution >= 0.6 is 0 Å². The molecule has 3 N–H and O–H groups in total. The number of amides is 1. The highest BCUT2D eigenvalue weighted by Crippen LogP contribution is 2.27. The number of carbonyl (C=O) groups is 1. The SMILES string of the molecule is Cc1ccc(-n2[nH]c(C(=O)NCC(O)C3CCCC3)cc2=O)cc1. The van der Waals surface area contributed by atoms with E-state index >= 15 is 0 Å². The van der Waals surface area contributed by atoms with Crippen molar-refractivity contribution in [2.24, 2.45) is 5.92 Å². The second-order valence-electron chi connectivity index (χ2n) is 6.50. The number of aromatic amines is 1. The summed E-state index contributed by atoms with van der Waals surface area (Å²) in [6.07, 6.45) is 3.78. The van der Waals surface area contributed by atoms with Crippen LogP contribution in [0.15, 0.2) is 35.1 Å². The van der Waals surface area contributed by atoms with E-state index in [1.807, 2.05) is 31.2 Å². The van der Waals surface area contributed by atoms with Gasteiger partial charge in [0.1, 0.15) is 5.69 Å². The second-order valence-corrected chi connectivity index (χ2v) is 6.50. The Morgan fingerprint density at radius 3 is 2.67 bits per heavy atom. The number of nitrogens with zero attached hydrogens (tertiary/aromatic N) is 1. The van der Waals surface area contributed by atoms with Gasteiger partial charge in [-0.15, -0.1) is 0 Å². The first kappa shape index (κ1) is 16.5. The van der Waals surface area contributed by atoms with Gasteiger partial charge in [0.2, 0.25) is 0 Å². The van der Waals surface area contributed by atoms with Crippen molar-refractivity contribution in [2.75, 3.05) is 6.54 Å². The molecule has 1 aliphatic carbocycles. The predicted molar refractivity (Wildman–Crippen MR) is 91.4 cm³/mol. The zero-order valence-corrected chi connectivity index (χ0v) is 13.8. The molecule has 1 amide bonds. The lowest BCUT2D eigenvalue weighted by molar-refractivity contribution is 0.0836. The number of carbonyl (C=O) groups excluding carboxylic acids is 1. The first-order valence-corrected chi connectivity index (χ1v) is 8.40. The van der Waals surface area contributed by atoms with Crippen LogP contribution in [0.1, 0.15) is 41.7 Å². The maximum Gasteiger partial charge on any atom is 0.271 e. The van der Waals surface area contributed by atoms with E-state index in [9.17, 15) is 14.7 Å². The average molecular weight is 329 g/mol. The fourth-order valence-electron chi connectivity index (χ4n) is 3.20. The topological polar surface area (TPSA) is 87.1 Å². The summed E-state index contributed by atoms with van der Waals surface area (Å²) in [6.45, 7) is 2.18. The highest BCUT2D eigenvalue weighted by Gasteiger charge is 2.23.